The van der Waals surface area contributed by atoms with Crippen molar-refractivity contribution < 1.29 is 28.7 Å². The van der Waals surface area contributed by atoms with Crippen LogP contribution in [0.25, 0.3) is 33.3 Å². The van der Waals surface area contributed by atoms with E-state index in [1.54, 1.807) is 20.4 Å². The fourth-order valence-electron chi connectivity index (χ4n) is 8.27. The average Bonchev–Trinajstić information content (AvgIpc) is 3.50. The molecule has 4 atom stereocenters. The SMILES string of the molecule is CCn1c(-c2cccnc2[C@H](C)OC)c2c3cc(ccc31)-c1cccc(c1)C[C@H](NC(=O)[C@H](C(C)C)N(C)C=O)C(=O)N1CCC[C@H](N1)C(=O)OCC(C)(C)C2. The van der Waals surface area contributed by atoms with Gasteiger partial charge in [-0.1, -0.05) is 58.0 Å². The van der Waals surface area contributed by atoms with Gasteiger partial charge >= 0.3 is 5.97 Å². The number of methoxy groups -OCH3 is 1. The van der Waals surface area contributed by atoms with Gasteiger partial charge in [-0.15, -0.1) is 0 Å². The van der Waals surface area contributed by atoms with Crippen molar-refractivity contribution in [3.8, 4) is 22.4 Å². The fourth-order valence-corrected chi connectivity index (χ4v) is 8.27. The third-order valence-corrected chi connectivity index (χ3v) is 11.1. The Balaban J connectivity index is 1.51. The first-order valence-corrected chi connectivity index (χ1v) is 19.7. The summed E-state index contributed by atoms with van der Waals surface area (Å²) in [6.45, 7) is 13.3. The van der Waals surface area contributed by atoms with Crippen molar-refractivity contribution in [2.75, 3.05) is 27.3 Å². The molecule has 4 heterocycles. The molecular weight excluding hydrogens is 709 g/mol. The van der Waals surface area contributed by atoms with Gasteiger partial charge in [-0.3, -0.25) is 29.2 Å². The van der Waals surface area contributed by atoms with Crippen LogP contribution in [0.3, 0.4) is 0 Å². The minimum absolute atomic E-state index is 0.159. The minimum atomic E-state index is -0.975. The van der Waals surface area contributed by atoms with E-state index in [9.17, 15) is 19.2 Å². The van der Waals surface area contributed by atoms with Gasteiger partial charge in [-0.25, -0.2) is 5.43 Å². The highest BCUT2D eigenvalue weighted by molar-refractivity contribution is 5.95. The van der Waals surface area contributed by atoms with E-state index in [4.69, 9.17) is 14.5 Å². The maximum absolute atomic E-state index is 14.3. The molecule has 2 aliphatic heterocycles. The van der Waals surface area contributed by atoms with Crippen LogP contribution < -0.4 is 10.7 Å². The number of carbonyl (C=O) groups is 4. The van der Waals surface area contributed by atoms with Crippen LogP contribution in [0, 0.1) is 11.3 Å². The van der Waals surface area contributed by atoms with Gasteiger partial charge < -0.3 is 24.3 Å². The Morgan fingerprint density at radius 1 is 1.12 bits per heavy atom. The van der Waals surface area contributed by atoms with Gasteiger partial charge in [0, 0.05) is 61.7 Å². The molecule has 4 aromatic rings. The number of hydrogen-bond acceptors (Lipinski definition) is 8. The third-order valence-electron chi connectivity index (χ3n) is 11.1. The lowest BCUT2D eigenvalue weighted by Crippen LogP contribution is -2.61. The lowest BCUT2D eigenvalue weighted by Gasteiger charge is -2.36. The molecule has 0 spiro atoms. The topological polar surface area (TPSA) is 135 Å². The highest BCUT2D eigenvalue weighted by Gasteiger charge is 2.37. The van der Waals surface area contributed by atoms with Gasteiger partial charge in [0.2, 0.25) is 12.3 Å². The van der Waals surface area contributed by atoms with E-state index < -0.39 is 35.4 Å². The van der Waals surface area contributed by atoms with Crippen molar-refractivity contribution in [1.29, 1.82) is 0 Å². The van der Waals surface area contributed by atoms with E-state index in [1.807, 2.05) is 39.0 Å². The molecule has 6 bridgehead atoms. The number of pyridine rings is 1. The maximum Gasteiger partial charge on any atom is 0.324 e. The molecule has 0 saturated carbocycles. The fraction of sp³-hybridized carbons (Fsp3) is 0.477. The molecule has 0 aliphatic carbocycles. The quantitative estimate of drug-likeness (QED) is 0.160. The minimum Gasteiger partial charge on any atom is -0.464 e. The Kier molecular flexibility index (Phi) is 12.3. The summed E-state index contributed by atoms with van der Waals surface area (Å²) in [6, 6.07) is 16.1. The number of carbonyl (C=O) groups excluding carboxylic acids is 4. The van der Waals surface area contributed by atoms with Crippen LogP contribution in [0.15, 0.2) is 60.8 Å². The highest BCUT2D eigenvalue weighted by atomic mass is 16.5. The molecule has 2 aromatic heterocycles. The summed E-state index contributed by atoms with van der Waals surface area (Å²) in [5.41, 5.74) is 10.6. The van der Waals surface area contributed by atoms with Crippen molar-refractivity contribution in [3.05, 3.63) is 77.6 Å². The van der Waals surface area contributed by atoms with Crippen LogP contribution in [0.4, 0.5) is 0 Å². The van der Waals surface area contributed by atoms with Crippen LogP contribution in [-0.4, -0.2) is 89.1 Å². The van der Waals surface area contributed by atoms with Crippen LogP contribution in [0.1, 0.15) is 77.3 Å². The van der Waals surface area contributed by atoms with Gasteiger partial charge in [0.1, 0.15) is 18.1 Å². The van der Waals surface area contributed by atoms with E-state index in [0.29, 0.717) is 32.2 Å². The van der Waals surface area contributed by atoms with Crippen molar-refractivity contribution in [3.63, 3.8) is 0 Å². The molecule has 56 heavy (non-hydrogen) atoms. The zero-order valence-electron chi connectivity index (χ0n) is 33.9. The highest BCUT2D eigenvalue weighted by Crippen LogP contribution is 2.42. The summed E-state index contributed by atoms with van der Waals surface area (Å²) in [6.07, 6.45) is 4.07. The number of amides is 3. The second kappa shape index (κ2) is 17.0. The number of nitrogens with one attached hydrogen (secondary N) is 2. The second-order valence-electron chi connectivity index (χ2n) is 16.3. The van der Waals surface area contributed by atoms with Crippen molar-refractivity contribution >= 4 is 35.1 Å². The molecule has 1 saturated heterocycles. The lowest BCUT2D eigenvalue weighted by molar-refractivity contribution is -0.155. The van der Waals surface area contributed by atoms with E-state index in [-0.39, 0.29) is 31.0 Å². The van der Waals surface area contributed by atoms with E-state index in [2.05, 4.69) is 72.5 Å². The number of likely N-dealkylation sites (N-methyl/N-ethyl adjacent to an activating group) is 1. The Morgan fingerprint density at radius 2 is 1.89 bits per heavy atom. The smallest absolute Gasteiger partial charge is 0.324 e. The Labute approximate surface area is 329 Å². The number of hydrazine groups is 1. The molecule has 2 N–H and O–H groups in total. The number of ether oxygens (including phenoxy) is 2. The van der Waals surface area contributed by atoms with Crippen LogP contribution in [-0.2, 0) is 48.0 Å². The molecule has 3 amide bonds. The van der Waals surface area contributed by atoms with Gasteiger partial charge in [-0.05, 0) is 85.5 Å². The predicted molar refractivity (Wildman–Crippen MR) is 216 cm³/mol. The molecule has 12 nitrogen and oxygen atoms in total. The van der Waals surface area contributed by atoms with Crippen molar-refractivity contribution in [1.82, 2.24) is 30.2 Å². The number of benzene rings is 2. The van der Waals surface area contributed by atoms with Gasteiger partial charge in [0.05, 0.1) is 24.1 Å². The number of aromatic nitrogens is 2. The normalized spacial score (nSPS) is 19.9. The molecule has 0 unspecified atom stereocenters. The largest absolute Gasteiger partial charge is 0.464 e. The maximum atomic E-state index is 14.3. The van der Waals surface area contributed by atoms with E-state index in [1.165, 1.54) is 9.91 Å². The number of hydrogen-bond donors (Lipinski definition) is 2. The number of fused-ring (bicyclic) bond motifs is 6. The summed E-state index contributed by atoms with van der Waals surface area (Å²) in [7, 11) is 3.25. The molecule has 12 heteroatoms. The van der Waals surface area contributed by atoms with Gasteiger partial charge in [-0.2, -0.15) is 0 Å². The van der Waals surface area contributed by atoms with E-state index >= 15 is 0 Å². The second-order valence-corrected chi connectivity index (χ2v) is 16.3. The number of nitrogens with zero attached hydrogens (tertiary/aromatic N) is 4. The molecular formula is C44H56N6O6. The predicted octanol–water partition coefficient (Wildman–Crippen LogP) is 5.86. The summed E-state index contributed by atoms with van der Waals surface area (Å²) < 4.78 is 14.2. The summed E-state index contributed by atoms with van der Waals surface area (Å²) in [4.78, 5) is 59.7. The first-order chi connectivity index (χ1) is 26.8. The number of esters is 1. The molecule has 6 rings (SSSR count). The average molecular weight is 765 g/mol. The molecule has 2 aromatic carbocycles. The Morgan fingerprint density at radius 3 is 2.61 bits per heavy atom. The molecule has 298 valence electrons. The number of rotatable bonds is 9. The van der Waals surface area contributed by atoms with Gasteiger partial charge in [0.25, 0.3) is 5.91 Å². The Hall–Kier alpha value is -5.07. The first kappa shape index (κ1) is 40.6. The summed E-state index contributed by atoms with van der Waals surface area (Å²) in [5.74, 6) is -1.42. The Bertz CT molecular complexity index is 2090. The van der Waals surface area contributed by atoms with Crippen molar-refractivity contribution in [2.45, 2.75) is 98.0 Å². The monoisotopic (exact) mass is 764 g/mol. The van der Waals surface area contributed by atoms with E-state index in [0.717, 1.165) is 56.7 Å². The lowest BCUT2D eigenvalue weighted by atomic mass is 9.84. The third kappa shape index (κ3) is 8.36. The van der Waals surface area contributed by atoms with Crippen LogP contribution >= 0.6 is 0 Å². The zero-order chi connectivity index (χ0) is 40.3. The number of aryl methyl sites for hydroxylation is 1. The van der Waals surface area contributed by atoms with Crippen LogP contribution in [0.5, 0.6) is 0 Å². The van der Waals surface area contributed by atoms with Crippen molar-refractivity contribution in [2.24, 2.45) is 11.3 Å². The number of cyclic esters (lactones) is 1. The summed E-state index contributed by atoms with van der Waals surface area (Å²) >= 11 is 0. The standard InChI is InChI=1S/C44H56N6O6/c1-9-49-37-18-17-31-23-33(37)34(40(49)32-15-11-19-45-38(32)28(4)55-8)24-44(5,6)25-56-43(54)35-16-12-20-50(47-35)42(53)36(22-29-13-10-14-30(31)21-29)46-41(52)39(27(2)3)48(7)26-51/h10-11,13-15,17-19,21,23,26-28,35-36,39,47H,9,12,16,20,22,24-25H2,1-8H3,(H,46,52)/t28-,35-,36-,39-/m0/s1. The molecule has 1 fully saturated rings. The zero-order valence-corrected chi connectivity index (χ0v) is 33.9. The van der Waals surface area contributed by atoms with Gasteiger partial charge in [0.15, 0.2) is 0 Å². The van der Waals surface area contributed by atoms with Crippen LogP contribution in [0.2, 0.25) is 0 Å². The first-order valence-electron chi connectivity index (χ1n) is 19.7. The molecule has 0 radical (unpaired) electrons. The summed E-state index contributed by atoms with van der Waals surface area (Å²) in [5, 5.41) is 5.52. The molecule has 2 aliphatic rings.